The Balaban J connectivity index is 2.13. The molecular weight excluding hydrogens is 431 g/mol. The zero-order chi connectivity index (χ0) is 17.0. The zero-order valence-corrected chi connectivity index (χ0v) is 15.9. The van der Waals surface area contributed by atoms with Crippen molar-refractivity contribution < 1.29 is 8.42 Å². The van der Waals surface area contributed by atoms with Crippen molar-refractivity contribution in [3.8, 4) is 0 Å². The average Bonchev–Trinajstić information content (AvgIpc) is 2.64. The van der Waals surface area contributed by atoms with E-state index in [2.05, 4.69) is 22.6 Å². The van der Waals surface area contributed by atoms with Crippen LogP contribution in [-0.2, 0) is 9.84 Å². The molecule has 122 valence electrons. The molecule has 24 heavy (non-hydrogen) atoms. The molecule has 3 rings (SSSR count). The molecule has 0 aromatic heterocycles. The highest BCUT2D eigenvalue weighted by molar-refractivity contribution is 14.1. The van der Waals surface area contributed by atoms with Crippen LogP contribution in [0, 0.1) is 0 Å². The first-order valence-electron chi connectivity index (χ1n) is 7.63. The first-order chi connectivity index (χ1) is 11.6. The Labute approximate surface area is 156 Å². The average molecular weight is 448 g/mol. The topological polar surface area (TPSA) is 34.1 Å². The van der Waals surface area contributed by atoms with E-state index in [1.807, 2.05) is 66.7 Å². The predicted octanol–water partition coefficient (Wildman–Crippen LogP) is 5.38. The maximum absolute atomic E-state index is 13.3. The number of sulfone groups is 1. The summed E-state index contributed by atoms with van der Waals surface area (Å²) in [7, 11) is -3.51. The highest BCUT2D eigenvalue weighted by Crippen LogP contribution is 2.44. The minimum absolute atomic E-state index is 0.184. The van der Waals surface area contributed by atoms with Crippen LogP contribution >= 0.6 is 22.6 Å². The van der Waals surface area contributed by atoms with Gasteiger partial charge in [-0.15, -0.1) is 0 Å². The quantitative estimate of drug-likeness (QED) is 0.388. The molecule has 0 aliphatic carbocycles. The Kier molecular flexibility index (Phi) is 5.36. The van der Waals surface area contributed by atoms with E-state index in [1.165, 1.54) is 0 Å². The van der Waals surface area contributed by atoms with Crippen molar-refractivity contribution in [3.63, 3.8) is 0 Å². The Morgan fingerprint density at radius 1 is 0.625 bits per heavy atom. The number of hydrogen-bond donors (Lipinski definition) is 0. The van der Waals surface area contributed by atoms with Gasteiger partial charge >= 0.3 is 0 Å². The van der Waals surface area contributed by atoms with Gasteiger partial charge in [-0.3, -0.25) is 0 Å². The first-order valence-corrected chi connectivity index (χ1v) is 10.4. The van der Waals surface area contributed by atoms with Gasteiger partial charge in [0.1, 0.15) is 5.25 Å². The molecule has 0 unspecified atom stereocenters. The summed E-state index contributed by atoms with van der Waals surface area (Å²) in [4.78, 5) is 0.358. The highest BCUT2D eigenvalue weighted by atomic mass is 127. The Morgan fingerprint density at radius 3 is 1.54 bits per heavy atom. The Bertz CT molecular complexity index is 879. The molecule has 0 amide bonds. The van der Waals surface area contributed by atoms with Crippen LogP contribution in [0.2, 0.25) is 0 Å². The van der Waals surface area contributed by atoms with Gasteiger partial charge in [0.2, 0.25) is 0 Å². The molecule has 4 heteroatoms. The third-order valence-electron chi connectivity index (χ3n) is 3.92. The van der Waals surface area contributed by atoms with Gasteiger partial charge in [-0.25, -0.2) is 8.42 Å². The lowest BCUT2D eigenvalue weighted by Gasteiger charge is -2.24. The van der Waals surface area contributed by atoms with E-state index >= 15 is 0 Å². The largest absolute Gasteiger partial charge is 0.223 e. The number of halogens is 1. The van der Waals surface area contributed by atoms with Crippen LogP contribution in [0.5, 0.6) is 0 Å². The summed E-state index contributed by atoms with van der Waals surface area (Å²) >= 11 is 2.25. The normalized spacial score (nSPS) is 14.0. The van der Waals surface area contributed by atoms with Crippen molar-refractivity contribution in [2.24, 2.45) is 0 Å². The van der Waals surface area contributed by atoms with Crippen LogP contribution in [0.25, 0.3) is 0 Å². The second-order valence-electron chi connectivity index (χ2n) is 5.50. The summed E-state index contributed by atoms with van der Waals surface area (Å²) in [6.45, 7) is 0. The molecule has 0 heterocycles. The number of benzene rings is 3. The molecule has 0 saturated carbocycles. The maximum Gasteiger partial charge on any atom is 0.186 e. The third-order valence-corrected chi connectivity index (χ3v) is 7.99. The lowest BCUT2D eigenvalue weighted by atomic mass is 10.0. The smallest absolute Gasteiger partial charge is 0.186 e. The molecule has 2 atom stereocenters. The highest BCUT2D eigenvalue weighted by Gasteiger charge is 2.35. The number of rotatable bonds is 5. The SMILES string of the molecule is O=S(=O)(c1ccccc1)[C@@H](c1ccccc1)[C@H](I)c1ccccc1. The van der Waals surface area contributed by atoms with Gasteiger partial charge in [-0.1, -0.05) is 101 Å². The fourth-order valence-corrected chi connectivity index (χ4v) is 6.52. The molecule has 0 fully saturated rings. The molecule has 0 N–H and O–H groups in total. The van der Waals surface area contributed by atoms with E-state index < -0.39 is 15.1 Å². The molecule has 0 aliphatic rings. The van der Waals surface area contributed by atoms with Crippen molar-refractivity contribution in [1.82, 2.24) is 0 Å². The number of hydrogen-bond acceptors (Lipinski definition) is 2. The van der Waals surface area contributed by atoms with Crippen molar-refractivity contribution in [1.29, 1.82) is 0 Å². The van der Waals surface area contributed by atoms with Crippen molar-refractivity contribution in [2.75, 3.05) is 0 Å². The third kappa shape index (κ3) is 3.54. The molecule has 0 saturated heterocycles. The molecule has 0 aliphatic heterocycles. The van der Waals surface area contributed by atoms with Gasteiger partial charge in [0.05, 0.1) is 8.82 Å². The van der Waals surface area contributed by atoms with Gasteiger partial charge in [0.15, 0.2) is 9.84 Å². The van der Waals surface area contributed by atoms with Crippen LogP contribution in [0.4, 0.5) is 0 Å². The van der Waals surface area contributed by atoms with Crippen LogP contribution in [-0.4, -0.2) is 8.42 Å². The zero-order valence-electron chi connectivity index (χ0n) is 12.9. The van der Waals surface area contributed by atoms with Gasteiger partial charge in [0, 0.05) is 0 Å². The number of alkyl halides is 1. The van der Waals surface area contributed by atoms with Gasteiger partial charge in [0.25, 0.3) is 0 Å². The Hall–Kier alpha value is -1.66. The predicted molar refractivity (Wildman–Crippen MR) is 106 cm³/mol. The van der Waals surface area contributed by atoms with Crippen LogP contribution in [0.3, 0.4) is 0 Å². The molecule has 3 aromatic rings. The van der Waals surface area contributed by atoms with E-state index in [1.54, 1.807) is 24.3 Å². The standard InChI is InChI=1S/C20H17IO2S/c21-19(16-10-4-1-5-11-16)20(17-12-6-2-7-13-17)24(22,23)18-14-8-3-9-15-18/h1-15,19-20H/t19-,20+/m1/s1. The second kappa shape index (κ2) is 7.49. The molecule has 3 aromatic carbocycles. The fourth-order valence-electron chi connectivity index (χ4n) is 2.72. The van der Waals surface area contributed by atoms with E-state index in [4.69, 9.17) is 0 Å². The lowest BCUT2D eigenvalue weighted by molar-refractivity contribution is 0.581. The molecule has 0 spiro atoms. The maximum atomic E-state index is 13.3. The minimum atomic E-state index is -3.51. The summed E-state index contributed by atoms with van der Waals surface area (Å²) in [6.07, 6.45) is 0. The van der Waals surface area contributed by atoms with Crippen LogP contribution in [0.15, 0.2) is 95.9 Å². The van der Waals surface area contributed by atoms with Crippen molar-refractivity contribution in [2.45, 2.75) is 14.1 Å². The van der Waals surface area contributed by atoms with Crippen LogP contribution < -0.4 is 0 Å². The van der Waals surface area contributed by atoms with E-state index in [9.17, 15) is 8.42 Å². The van der Waals surface area contributed by atoms with Gasteiger partial charge in [-0.05, 0) is 23.3 Å². The minimum Gasteiger partial charge on any atom is -0.223 e. The fraction of sp³-hybridized carbons (Fsp3) is 0.100. The van der Waals surface area contributed by atoms with Gasteiger partial charge in [-0.2, -0.15) is 0 Å². The van der Waals surface area contributed by atoms with E-state index in [0.29, 0.717) is 4.90 Å². The summed E-state index contributed by atoms with van der Waals surface area (Å²) in [5.74, 6) is 0. The molecular formula is C20H17IO2S. The van der Waals surface area contributed by atoms with Gasteiger partial charge < -0.3 is 0 Å². The van der Waals surface area contributed by atoms with Crippen LogP contribution in [0.1, 0.15) is 20.3 Å². The summed E-state index contributed by atoms with van der Waals surface area (Å²) in [5.41, 5.74) is 1.82. The molecule has 0 radical (unpaired) electrons. The summed E-state index contributed by atoms with van der Waals surface area (Å²) in [5, 5.41) is -0.635. The first kappa shape index (κ1) is 17.2. The molecule has 0 bridgehead atoms. The second-order valence-corrected chi connectivity index (χ2v) is 8.91. The van der Waals surface area contributed by atoms with E-state index in [-0.39, 0.29) is 3.92 Å². The van der Waals surface area contributed by atoms with E-state index in [0.717, 1.165) is 11.1 Å². The molecule has 2 nitrogen and oxygen atoms in total. The van der Waals surface area contributed by atoms with Crippen molar-refractivity contribution >= 4 is 32.4 Å². The monoisotopic (exact) mass is 448 g/mol. The summed E-state index contributed by atoms with van der Waals surface area (Å²) < 4.78 is 26.5. The Morgan fingerprint density at radius 2 is 1.04 bits per heavy atom. The summed E-state index contributed by atoms with van der Waals surface area (Å²) in [6, 6.07) is 27.9. The lowest BCUT2D eigenvalue weighted by Crippen LogP contribution is -2.18. The van der Waals surface area contributed by atoms with Crippen molar-refractivity contribution in [3.05, 3.63) is 102 Å².